The van der Waals surface area contributed by atoms with Crippen molar-refractivity contribution in [2.75, 3.05) is 0 Å². The van der Waals surface area contributed by atoms with E-state index in [1.165, 1.54) is 0 Å². The third kappa shape index (κ3) is 4.90. The van der Waals surface area contributed by atoms with Crippen LogP contribution in [0.3, 0.4) is 0 Å². The molecule has 212 valence electrons. The van der Waals surface area contributed by atoms with E-state index in [0.29, 0.717) is 29.2 Å². The lowest BCUT2D eigenvalue weighted by molar-refractivity contribution is -0.421. The molecule has 0 spiro atoms. The summed E-state index contributed by atoms with van der Waals surface area (Å²) in [6, 6.07) is 18.6. The van der Waals surface area contributed by atoms with Gasteiger partial charge in [0.05, 0.1) is 51.3 Å². The van der Waals surface area contributed by atoms with Crippen LogP contribution in [0.4, 0.5) is 22.7 Å². The molecule has 2 heterocycles. The summed E-state index contributed by atoms with van der Waals surface area (Å²) in [4.78, 5) is 53.6. The Labute approximate surface area is 250 Å². The average molecular weight is 633 g/mol. The lowest BCUT2D eigenvalue weighted by atomic mass is 10.0. The first-order valence-electron chi connectivity index (χ1n) is 12.0. The molecule has 6 aromatic rings. The van der Waals surface area contributed by atoms with Gasteiger partial charge in [0, 0.05) is 12.1 Å². The monoisotopic (exact) mass is 632 g/mol. The topological polar surface area (TPSA) is 198 Å². The fourth-order valence-corrected chi connectivity index (χ4v) is 8.02. The van der Waals surface area contributed by atoms with Crippen LogP contribution < -0.4 is 0 Å². The lowest BCUT2D eigenvalue weighted by Gasteiger charge is -2.05. The zero-order valence-corrected chi connectivity index (χ0v) is 23.6. The molecule has 0 N–H and O–H groups in total. The molecule has 0 aliphatic rings. The summed E-state index contributed by atoms with van der Waals surface area (Å²) in [6.07, 6.45) is 0. The van der Waals surface area contributed by atoms with E-state index >= 15 is 0 Å². The van der Waals surface area contributed by atoms with Crippen LogP contribution in [-0.4, -0.2) is 29.7 Å². The highest BCUT2D eigenvalue weighted by Gasteiger charge is 2.35. The van der Waals surface area contributed by atoms with E-state index in [1.54, 1.807) is 60.7 Å². The molecule has 2 aromatic heterocycles. The molecule has 0 unspecified atom stereocenters. The van der Waals surface area contributed by atoms with Gasteiger partial charge in [-0.05, 0) is 22.9 Å². The molecule has 0 saturated heterocycles. The largest absolute Gasteiger partial charge is 0.356 e. The summed E-state index contributed by atoms with van der Waals surface area (Å²) < 4.78 is 1.34. The Kier molecular flexibility index (Phi) is 6.96. The molecule has 0 bridgehead atoms. The summed E-state index contributed by atoms with van der Waals surface area (Å²) in [5, 5.41) is 47.7. The van der Waals surface area contributed by atoms with Crippen molar-refractivity contribution < 1.29 is 19.7 Å². The predicted molar refractivity (Wildman–Crippen MR) is 161 cm³/mol. The summed E-state index contributed by atoms with van der Waals surface area (Å²) in [5.41, 5.74) is -1.60. The number of nitro benzene ring substituents is 4. The molecule has 0 aliphatic heterocycles. The number of fused-ring (bicyclic) bond motifs is 2. The second-order valence-corrected chi connectivity index (χ2v) is 12.3. The molecular weight excluding hydrogens is 621 g/mol. The van der Waals surface area contributed by atoms with E-state index in [2.05, 4.69) is 9.97 Å². The summed E-state index contributed by atoms with van der Waals surface area (Å²) in [6.45, 7) is 0. The van der Waals surface area contributed by atoms with Gasteiger partial charge in [0.25, 0.3) is 0 Å². The van der Waals surface area contributed by atoms with Crippen molar-refractivity contribution in [2.45, 2.75) is 8.68 Å². The number of rotatable bonds is 8. The molecule has 0 aliphatic carbocycles. The Morgan fingerprint density at radius 2 is 0.930 bits per heavy atom. The SMILES string of the molecule is O=[N+]([O-])c1cc2sc(Sc3nc4c(-c5ccccc5)c([N+](=O)[O-])c([N+](=O)[O-])cc4s3)nc2c(-c2ccccc2)c1[N+](=O)[O-]. The number of hydrogen-bond acceptors (Lipinski definition) is 13. The lowest BCUT2D eigenvalue weighted by Crippen LogP contribution is -1.99. The van der Waals surface area contributed by atoms with E-state index in [1.807, 2.05) is 0 Å². The molecule has 0 radical (unpaired) electrons. The van der Waals surface area contributed by atoms with Crippen LogP contribution >= 0.6 is 34.4 Å². The molecule has 0 saturated carbocycles. The maximum Gasteiger partial charge on any atom is 0.356 e. The van der Waals surface area contributed by atoms with Crippen LogP contribution in [-0.2, 0) is 0 Å². The van der Waals surface area contributed by atoms with Crippen LogP contribution in [0.15, 0.2) is 81.5 Å². The molecule has 17 heteroatoms. The first kappa shape index (κ1) is 27.8. The minimum absolute atomic E-state index is 0.000173. The second kappa shape index (κ2) is 10.8. The maximum absolute atomic E-state index is 12.0. The van der Waals surface area contributed by atoms with E-state index in [-0.39, 0.29) is 22.2 Å². The minimum Gasteiger partial charge on any atom is -0.258 e. The van der Waals surface area contributed by atoms with Crippen molar-refractivity contribution in [1.29, 1.82) is 0 Å². The van der Waals surface area contributed by atoms with Gasteiger partial charge in [0.15, 0.2) is 8.68 Å². The minimum atomic E-state index is -0.811. The van der Waals surface area contributed by atoms with Gasteiger partial charge in [-0.15, -0.1) is 22.7 Å². The van der Waals surface area contributed by atoms with Crippen LogP contribution in [0.1, 0.15) is 0 Å². The van der Waals surface area contributed by atoms with Crippen molar-refractivity contribution in [3.05, 3.63) is 113 Å². The highest BCUT2D eigenvalue weighted by molar-refractivity contribution is 8.02. The van der Waals surface area contributed by atoms with Gasteiger partial charge in [-0.3, -0.25) is 40.5 Å². The van der Waals surface area contributed by atoms with Crippen LogP contribution in [0.2, 0.25) is 0 Å². The molecule has 0 atom stereocenters. The Morgan fingerprint density at radius 3 is 1.26 bits per heavy atom. The van der Waals surface area contributed by atoms with Gasteiger partial charge >= 0.3 is 22.7 Å². The van der Waals surface area contributed by atoms with Gasteiger partial charge in [-0.2, -0.15) is 0 Å². The summed E-state index contributed by atoms with van der Waals surface area (Å²) in [5.74, 6) is 0. The third-order valence-corrected chi connectivity index (χ3v) is 9.42. The first-order valence-corrected chi connectivity index (χ1v) is 14.4. The van der Waals surface area contributed by atoms with E-state index in [9.17, 15) is 40.5 Å². The quantitative estimate of drug-likeness (QED) is 0.116. The van der Waals surface area contributed by atoms with Crippen molar-refractivity contribution in [1.82, 2.24) is 9.97 Å². The van der Waals surface area contributed by atoms with Gasteiger partial charge in [-0.25, -0.2) is 9.97 Å². The number of thiazole rings is 2. The number of nitrogens with zero attached hydrogens (tertiary/aromatic N) is 6. The molecule has 43 heavy (non-hydrogen) atoms. The summed E-state index contributed by atoms with van der Waals surface area (Å²) >= 11 is 3.15. The van der Waals surface area contributed by atoms with Crippen molar-refractivity contribution in [3.8, 4) is 22.3 Å². The molecular formula is C26H12N6O8S3. The Balaban J connectivity index is 1.55. The maximum atomic E-state index is 12.0. The number of benzene rings is 4. The fourth-order valence-electron chi connectivity index (χ4n) is 4.61. The number of aromatic nitrogens is 2. The molecule has 0 fully saturated rings. The fraction of sp³-hybridized carbons (Fsp3) is 0. The van der Waals surface area contributed by atoms with Crippen LogP contribution in [0.25, 0.3) is 42.7 Å². The van der Waals surface area contributed by atoms with Crippen LogP contribution in [0, 0.1) is 40.5 Å². The second-order valence-electron chi connectivity index (χ2n) is 8.75. The Hall–Kier alpha value is -5.39. The van der Waals surface area contributed by atoms with Crippen molar-refractivity contribution in [2.24, 2.45) is 0 Å². The Bertz CT molecular complexity index is 1980. The Morgan fingerprint density at radius 1 is 0.558 bits per heavy atom. The normalized spacial score (nSPS) is 11.2. The van der Waals surface area contributed by atoms with Gasteiger partial charge in [-0.1, -0.05) is 60.7 Å². The molecule has 14 nitrogen and oxygen atoms in total. The predicted octanol–water partition coefficient (Wildman–Crippen LogP) is 8.02. The van der Waals surface area contributed by atoms with Crippen LogP contribution in [0.5, 0.6) is 0 Å². The van der Waals surface area contributed by atoms with Gasteiger partial charge in [0.1, 0.15) is 0 Å². The number of nitro groups is 4. The van der Waals surface area contributed by atoms with E-state index in [4.69, 9.17) is 0 Å². The molecule has 0 amide bonds. The van der Waals surface area contributed by atoms with Crippen molar-refractivity contribution >= 4 is 77.6 Å². The average Bonchev–Trinajstić information content (AvgIpc) is 3.58. The van der Waals surface area contributed by atoms with E-state index in [0.717, 1.165) is 46.6 Å². The standard InChI is InChI=1S/C26H12N6O8S3/c33-29(34)15-11-17-21(19(23(15)31(37)38)13-7-3-1-4-8-13)27-25(41-17)43-26-28-22-18(42-26)12-16(30(35)36)24(32(39)40)20(22)14-9-5-2-6-10-14/h1-12H. The van der Waals surface area contributed by atoms with E-state index < -0.39 is 42.4 Å². The van der Waals surface area contributed by atoms with Gasteiger partial charge in [0.2, 0.25) is 0 Å². The molecule has 4 aromatic carbocycles. The number of hydrogen-bond donors (Lipinski definition) is 0. The smallest absolute Gasteiger partial charge is 0.258 e. The highest BCUT2D eigenvalue weighted by Crippen LogP contribution is 2.49. The zero-order chi connectivity index (χ0) is 30.4. The molecule has 6 rings (SSSR count). The third-order valence-electron chi connectivity index (χ3n) is 6.29. The van der Waals surface area contributed by atoms with Crippen molar-refractivity contribution in [3.63, 3.8) is 0 Å². The first-order chi connectivity index (χ1) is 20.6. The summed E-state index contributed by atoms with van der Waals surface area (Å²) in [7, 11) is 0. The van der Waals surface area contributed by atoms with Gasteiger partial charge < -0.3 is 0 Å². The highest BCUT2D eigenvalue weighted by atomic mass is 32.2. The zero-order valence-electron chi connectivity index (χ0n) is 21.1.